The minimum absolute atomic E-state index is 0.000460. The summed E-state index contributed by atoms with van der Waals surface area (Å²) in [5.74, 6) is -1.10. The van der Waals surface area contributed by atoms with Crippen LogP contribution in [0.15, 0.2) is 48.5 Å². The Hall–Kier alpha value is -2.12. The Morgan fingerprint density at radius 1 is 1.00 bits per heavy atom. The second kappa shape index (κ2) is 11.3. The zero-order chi connectivity index (χ0) is 24.0. The van der Waals surface area contributed by atoms with Crippen molar-refractivity contribution in [1.29, 1.82) is 0 Å². The first-order valence-corrected chi connectivity index (χ1v) is 12.4. The Morgan fingerprint density at radius 2 is 1.58 bits per heavy atom. The number of carbonyl (C=O) groups is 2. The van der Waals surface area contributed by atoms with E-state index in [0.717, 1.165) is 41.5 Å². The molecule has 0 aromatic heterocycles. The molecule has 0 spiro atoms. The van der Waals surface area contributed by atoms with Gasteiger partial charge in [0.05, 0.1) is 0 Å². The van der Waals surface area contributed by atoms with Gasteiger partial charge in [0.2, 0.25) is 0 Å². The molecule has 1 unspecified atom stereocenters. The second-order valence-corrected chi connectivity index (χ2v) is 10.8. The average Bonchev–Trinajstić information content (AvgIpc) is 3.10. The molecule has 2 N–H and O–H groups in total. The van der Waals surface area contributed by atoms with E-state index in [-0.39, 0.29) is 22.5 Å². The predicted molar refractivity (Wildman–Crippen MR) is 138 cm³/mol. The number of carboxylic acid groups (broad SMARTS) is 1. The number of fused-ring (bicyclic) bond motifs is 3. The van der Waals surface area contributed by atoms with Gasteiger partial charge in [-0.25, -0.2) is 9.59 Å². The number of unbranched alkanes of at least 4 members (excludes halogenated alkanes) is 2. The van der Waals surface area contributed by atoms with E-state index >= 15 is 0 Å². The van der Waals surface area contributed by atoms with Crippen molar-refractivity contribution in [1.82, 2.24) is 5.32 Å². The van der Waals surface area contributed by atoms with Gasteiger partial charge in [0, 0.05) is 10.5 Å². The number of carbonyl (C=O) groups excluding carboxylic acids is 1. The third-order valence-corrected chi connectivity index (χ3v) is 7.84. The molecule has 1 atom stereocenters. The normalized spacial score (nSPS) is 14.0. The lowest BCUT2D eigenvalue weighted by Gasteiger charge is -2.27. The number of alkyl carbamates (subject to hydrolysis) is 1. The molecular weight excluding hydrogens is 454 g/mol. The summed E-state index contributed by atoms with van der Waals surface area (Å²) in [6.07, 6.45) is 3.18. The molecule has 0 saturated heterocycles. The van der Waals surface area contributed by atoms with Crippen LogP contribution < -0.4 is 5.32 Å². The number of aliphatic carboxylic acids is 1. The number of rotatable bonds is 11. The number of nitrogens with one attached hydrogen (secondary N) is 1. The Kier molecular flexibility index (Phi) is 8.76. The summed E-state index contributed by atoms with van der Waals surface area (Å²) >= 11 is 8.82. The van der Waals surface area contributed by atoms with Gasteiger partial charge < -0.3 is 15.2 Å². The lowest BCUT2D eigenvalue weighted by Crippen LogP contribution is -2.41. The lowest BCUT2D eigenvalue weighted by atomic mass is 9.88. The molecule has 0 fully saturated rings. The zero-order valence-electron chi connectivity index (χ0n) is 19.2. The molecule has 7 heteroatoms. The van der Waals surface area contributed by atoms with Crippen LogP contribution in [-0.2, 0) is 9.53 Å². The molecule has 0 aliphatic heterocycles. The highest BCUT2D eigenvalue weighted by atomic mass is 32.2. The van der Waals surface area contributed by atoms with Crippen LogP contribution in [0.4, 0.5) is 4.79 Å². The van der Waals surface area contributed by atoms with Gasteiger partial charge in [0.15, 0.2) is 0 Å². The van der Waals surface area contributed by atoms with E-state index in [0.29, 0.717) is 12.8 Å². The minimum atomic E-state index is -1.05. The monoisotopic (exact) mass is 487 g/mol. The van der Waals surface area contributed by atoms with Gasteiger partial charge in [-0.2, -0.15) is 25.3 Å². The Morgan fingerprint density at radius 3 is 2.12 bits per heavy atom. The summed E-state index contributed by atoms with van der Waals surface area (Å²) in [6.45, 7) is 4.41. The van der Waals surface area contributed by atoms with Crippen LogP contribution in [0.2, 0.25) is 0 Å². The van der Waals surface area contributed by atoms with Crippen LogP contribution in [0.1, 0.15) is 63.0 Å². The van der Waals surface area contributed by atoms with Crippen molar-refractivity contribution in [2.24, 2.45) is 5.41 Å². The van der Waals surface area contributed by atoms with Gasteiger partial charge in [0.1, 0.15) is 12.6 Å². The van der Waals surface area contributed by atoms with Crippen molar-refractivity contribution < 1.29 is 19.4 Å². The third-order valence-electron chi connectivity index (χ3n) is 6.45. The van der Waals surface area contributed by atoms with Crippen LogP contribution >= 0.6 is 25.3 Å². The van der Waals surface area contributed by atoms with E-state index in [2.05, 4.69) is 56.6 Å². The van der Waals surface area contributed by atoms with Crippen LogP contribution in [0, 0.1) is 5.41 Å². The maximum atomic E-state index is 12.4. The molecule has 0 radical (unpaired) electrons. The summed E-state index contributed by atoms with van der Waals surface area (Å²) in [5.41, 5.74) is 4.55. The Labute approximate surface area is 207 Å². The van der Waals surface area contributed by atoms with E-state index in [4.69, 9.17) is 4.74 Å². The maximum absolute atomic E-state index is 12.4. The van der Waals surface area contributed by atoms with E-state index in [9.17, 15) is 14.7 Å². The average molecular weight is 488 g/mol. The van der Waals surface area contributed by atoms with Crippen LogP contribution in [0.3, 0.4) is 0 Å². The summed E-state index contributed by atoms with van der Waals surface area (Å²) in [4.78, 5) is 24.1. The molecule has 3 rings (SSSR count). The number of benzene rings is 2. The fraction of sp³-hybridized carbons (Fsp3) is 0.462. The molecule has 2 aromatic rings. The van der Waals surface area contributed by atoms with Crippen molar-refractivity contribution in [3.63, 3.8) is 0 Å². The maximum Gasteiger partial charge on any atom is 0.407 e. The molecule has 2 aromatic carbocycles. The number of amides is 1. The molecule has 0 saturated carbocycles. The zero-order valence-corrected chi connectivity index (χ0v) is 20.9. The fourth-order valence-corrected chi connectivity index (χ4v) is 4.53. The highest BCUT2D eigenvalue weighted by molar-refractivity contribution is 7.99. The van der Waals surface area contributed by atoms with E-state index < -0.39 is 18.1 Å². The first kappa shape index (κ1) is 25.5. The van der Waals surface area contributed by atoms with Crippen LogP contribution in [-0.4, -0.2) is 34.4 Å². The van der Waals surface area contributed by atoms with Gasteiger partial charge in [-0.3, -0.25) is 0 Å². The van der Waals surface area contributed by atoms with Crippen molar-refractivity contribution in [3.05, 3.63) is 59.7 Å². The second-order valence-electron chi connectivity index (χ2n) is 9.32. The number of ether oxygens (including phenoxy) is 1. The van der Waals surface area contributed by atoms with E-state index in [1.54, 1.807) is 0 Å². The molecule has 0 heterocycles. The lowest BCUT2D eigenvalue weighted by molar-refractivity contribution is -0.139. The number of thiol groups is 2. The summed E-state index contributed by atoms with van der Waals surface area (Å²) in [5, 5.41) is 12.1. The molecule has 5 nitrogen and oxygen atoms in total. The van der Waals surface area contributed by atoms with Crippen LogP contribution in [0.5, 0.6) is 0 Å². The first-order valence-electron chi connectivity index (χ1n) is 11.4. The van der Waals surface area contributed by atoms with Crippen molar-refractivity contribution >= 4 is 37.3 Å². The number of hydrogen-bond acceptors (Lipinski definition) is 5. The molecule has 1 amide bonds. The minimum Gasteiger partial charge on any atom is -0.480 e. The highest BCUT2D eigenvalue weighted by Gasteiger charge is 2.30. The van der Waals surface area contributed by atoms with E-state index in [1.807, 2.05) is 36.4 Å². The Balaban J connectivity index is 1.49. The molecule has 1 aliphatic carbocycles. The van der Waals surface area contributed by atoms with Crippen LogP contribution in [0.25, 0.3) is 11.1 Å². The highest BCUT2D eigenvalue weighted by Crippen LogP contribution is 2.44. The third kappa shape index (κ3) is 6.48. The van der Waals surface area contributed by atoms with Crippen molar-refractivity contribution in [2.45, 2.75) is 62.5 Å². The topological polar surface area (TPSA) is 75.6 Å². The SMILES string of the molecule is CC(C)(CCCCCC(NC(=O)OCC1c2ccccc2-c2ccccc21)C(=O)O)C(S)S. The molecule has 178 valence electrons. The fourth-order valence-electron chi connectivity index (χ4n) is 4.27. The summed E-state index contributed by atoms with van der Waals surface area (Å²) in [6, 6.07) is 15.2. The molecule has 1 aliphatic rings. The van der Waals surface area contributed by atoms with Gasteiger partial charge in [0.25, 0.3) is 0 Å². The van der Waals surface area contributed by atoms with Crippen molar-refractivity contribution in [2.75, 3.05) is 6.61 Å². The van der Waals surface area contributed by atoms with Gasteiger partial charge in [-0.15, -0.1) is 0 Å². The first-order chi connectivity index (χ1) is 15.7. The van der Waals surface area contributed by atoms with Gasteiger partial charge in [-0.1, -0.05) is 81.6 Å². The summed E-state index contributed by atoms with van der Waals surface area (Å²) in [7, 11) is 0. The molecule has 33 heavy (non-hydrogen) atoms. The molecule has 0 bridgehead atoms. The van der Waals surface area contributed by atoms with Gasteiger partial charge >= 0.3 is 12.1 Å². The number of carboxylic acids is 1. The van der Waals surface area contributed by atoms with E-state index in [1.165, 1.54) is 0 Å². The molecular formula is C26H33NO4S2. The largest absolute Gasteiger partial charge is 0.480 e. The Bertz CT molecular complexity index is 931. The smallest absolute Gasteiger partial charge is 0.407 e. The summed E-state index contributed by atoms with van der Waals surface area (Å²) < 4.78 is 5.49. The van der Waals surface area contributed by atoms with Gasteiger partial charge in [-0.05, 0) is 40.5 Å². The predicted octanol–water partition coefficient (Wildman–Crippen LogP) is 6.14. The van der Waals surface area contributed by atoms with Crippen molar-refractivity contribution in [3.8, 4) is 11.1 Å². The number of hydrogen-bond donors (Lipinski definition) is 4. The quantitative estimate of drug-likeness (QED) is 0.174. The standard InChI is InChI=1S/C26H33NO4S2/c1-26(2,24(32)33)15-9-3-4-14-22(23(28)29)27-25(30)31-16-21-19-12-7-5-10-17(19)18-11-6-8-13-20(18)21/h5-8,10-13,21-22,24,32-33H,3-4,9,14-16H2,1-2H3,(H,27,30)(H,28,29).